The maximum absolute atomic E-state index is 13.0. The summed E-state index contributed by atoms with van der Waals surface area (Å²) in [5.41, 5.74) is 1.34. The van der Waals surface area contributed by atoms with E-state index < -0.39 is 5.97 Å². The first-order chi connectivity index (χ1) is 13.0. The minimum atomic E-state index is -0.532. The number of rotatable bonds is 5. The van der Waals surface area contributed by atoms with Crippen LogP contribution in [0.1, 0.15) is 37.2 Å². The van der Waals surface area contributed by atoms with Gasteiger partial charge in [0.2, 0.25) is 0 Å². The standard InChI is InChI=1S/C20H27N3O4/c1-12-7-6-10-23(11-12)13(2)19(24)22-17-16-14(8-5-9-15(16)26-3)21-18(17)20(25)27-4/h5,8-9,12-13,21H,6-7,10-11H2,1-4H3,(H,22,24)/p+1/t12-,13+/m1/s1. The van der Waals surface area contributed by atoms with Crippen LogP contribution in [0.3, 0.4) is 0 Å². The van der Waals surface area contributed by atoms with Crippen molar-refractivity contribution in [2.24, 2.45) is 5.92 Å². The van der Waals surface area contributed by atoms with Crippen LogP contribution in [0.2, 0.25) is 0 Å². The first kappa shape index (κ1) is 19.2. The zero-order valence-electron chi connectivity index (χ0n) is 16.3. The number of fused-ring (bicyclic) bond motifs is 1. The lowest BCUT2D eigenvalue weighted by atomic mass is 9.99. The van der Waals surface area contributed by atoms with E-state index in [4.69, 9.17) is 9.47 Å². The molecule has 146 valence electrons. The van der Waals surface area contributed by atoms with Crippen molar-refractivity contribution in [2.75, 3.05) is 32.6 Å². The zero-order valence-corrected chi connectivity index (χ0v) is 16.3. The smallest absolute Gasteiger partial charge is 0.356 e. The number of hydrogen-bond acceptors (Lipinski definition) is 4. The van der Waals surface area contributed by atoms with E-state index in [9.17, 15) is 9.59 Å². The van der Waals surface area contributed by atoms with Gasteiger partial charge in [0, 0.05) is 5.92 Å². The number of quaternary nitrogens is 1. The highest BCUT2D eigenvalue weighted by molar-refractivity contribution is 6.13. The van der Waals surface area contributed by atoms with Crippen LogP contribution in [0.15, 0.2) is 18.2 Å². The molecule has 1 aromatic heterocycles. The molecule has 27 heavy (non-hydrogen) atoms. The van der Waals surface area contributed by atoms with Gasteiger partial charge in [0.25, 0.3) is 5.91 Å². The van der Waals surface area contributed by atoms with Crippen molar-refractivity contribution in [3.63, 3.8) is 0 Å². The third-order valence-corrected chi connectivity index (χ3v) is 5.45. The largest absolute Gasteiger partial charge is 0.496 e. The third kappa shape index (κ3) is 3.78. The van der Waals surface area contributed by atoms with Gasteiger partial charge in [-0.15, -0.1) is 0 Å². The molecule has 0 radical (unpaired) electrons. The summed E-state index contributed by atoms with van der Waals surface area (Å²) in [6.07, 6.45) is 2.34. The number of nitrogens with one attached hydrogen (secondary N) is 3. The summed E-state index contributed by atoms with van der Waals surface area (Å²) in [6, 6.07) is 5.25. The molecule has 1 unspecified atom stereocenters. The first-order valence-corrected chi connectivity index (χ1v) is 9.38. The van der Waals surface area contributed by atoms with E-state index in [1.807, 2.05) is 19.1 Å². The molecular formula is C20H28N3O4+. The van der Waals surface area contributed by atoms with Gasteiger partial charge in [-0.2, -0.15) is 0 Å². The minimum Gasteiger partial charge on any atom is -0.496 e. The zero-order chi connectivity index (χ0) is 19.6. The van der Waals surface area contributed by atoms with Crippen molar-refractivity contribution >= 4 is 28.5 Å². The molecule has 3 rings (SSSR count). The minimum absolute atomic E-state index is 0.115. The van der Waals surface area contributed by atoms with E-state index in [2.05, 4.69) is 17.2 Å². The number of esters is 1. The third-order valence-electron chi connectivity index (χ3n) is 5.45. The first-order valence-electron chi connectivity index (χ1n) is 9.38. The summed E-state index contributed by atoms with van der Waals surface area (Å²) in [5.74, 6) is 0.551. The lowest BCUT2D eigenvalue weighted by Gasteiger charge is -2.31. The molecule has 0 aliphatic carbocycles. The number of anilines is 1. The van der Waals surface area contributed by atoms with Gasteiger partial charge in [0.15, 0.2) is 6.04 Å². The van der Waals surface area contributed by atoms with Gasteiger partial charge in [0.1, 0.15) is 11.4 Å². The fourth-order valence-electron chi connectivity index (χ4n) is 3.91. The second-order valence-corrected chi connectivity index (χ2v) is 7.32. The molecule has 1 aliphatic heterocycles. The highest BCUT2D eigenvalue weighted by atomic mass is 16.5. The van der Waals surface area contributed by atoms with Crippen molar-refractivity contribution in [3.05, 3.63) is 23.9 Å². The summed E-state index contributed by atoms with van der Waals surface area (Å²) in [4.78, 5) is 29.6. The molecule has 1 fully saturated rings. The molecule has 1 amide bonds. The highest BCUT2D eigenvalue weighted by Gasteiger charge is 2.31. The molecule has 7 heteroatoms. The average molecular weight is 374 g/mol. The van der Waals surface area contributed by atoms with Crippen LogP contribution in [-0.2, 0) is 9.53 Å². The number of amides is 1. The molecule has 0 spiro atoms. The number of H-pyrrole nitrogens is 1. The molecule has 7 nitrogen and oxygen atoms in total. The summed E-state index contributed by atoms with van der Waals surface area (Å²) < 4.78 is 10.3. The Bertz CT molecular complexity index is 845. The summed E-state index contributed by atoms with van der Waals surface area (Å²) in [7, 11) is 2.88. The maximum Gasteiger partial charge on any atom is 0.356 e. The molecule has 3 N–H and O–H groups in total. The Labute approximate surface area is 159 Å². The van der Waals surface area contributed by atoms with Crippen molar-refractivity contribution in [3.8, 4) is 5.75 Å². The summed E-state index contributed by atoms with van der Waals surface area (Å²) in [6.45, 7) is 6.13. The number of ether oxygens (including phenoxy) is 2. The topological polar surface area (TPSA) is 84.9 Å². The van der Waals surface area contributed by atoms with Crippen LogP contribution in [0.25, 0.3) is 10.9 Å². The molecule has 1 saturated heterocycles. The van der Waals surface area contributed by atoms with Crippen molar-refractivity contribution in [1.82, 2.24) is 4.98 Å². The number of methoxy groups -OCH3 is 2. The summed E-state index contributed by atoms with van der Waals surface area (Å²) in [5, 5.41) is 3.63. The predicted octanol–water partition coefficient (Wildman–Crippen LogP) is 1.60. The number of hydrogen-bond donors (Lipinski definition) is 3. The number of carbonyl (C=O) groups excluding carboxylic acids is 2. The Hall–Kier alpha value is -2.54. The number of piperidine rings is 1. The van der Waals surface area contributed by atoms with Crippen molar-refractivity contribution < 1.29 is 24.0 Å². The van der Waals surface area contributed by atoms with Gasteiger partial charge in [-0.25, -0.2) is 4.79 Å². The van der Waals surface area contributed by atoms with E-state index in [1.165, 1.54) is 18.4 Å². The van der Waals surface area contributed by atoms with Gasteiger partial charge in [-0.1, -0.05) is 13.0 Å². The number of carbonyl (C=O) groups is 2. The molecule has 2 heterocycles. The lowest BCUT2D eigenvalue weighted by Crippen LogP contribution is -3.17. The lowest BCUT2D eigenvalue weighted by molar-refractivity contribution is -0.922. The Morgan fingerprint density at radius 2 is 2.11 bits per heavy atom. The molecule has 0 bridgehead atoms. The predicted molar refractivity (Wildman–Crippen MR) is 103 cm³/mol. The quantitative estimate of drug-likeness (QED) is 0.694. The van der Waals surface area contributed by atoms with Crippen LogP contribution >= 0.6 is 0 Å². The van der Waals surface area contributed by atoms with E-state index in [-0.39, 0.29) is 17.6 Å². The van der Waals surface area contributed by atoms with Gasteiger partial charge in [-0.05, 0) is 31.9 Å². The van der Waals surface area contributed by atoms with E-state index in [0.29, 0.717) is 28.3 Å². The monoisotopic (exact) mass is 374 g/mol. The summed E-state index contributed by atoms with van der Waals surface area (Å²) >= 11 is 0. The van der Waals surface area contributed by atoms with Crippen LogP contribution in [0.4, 0.5) is 5.69 Å². The Balaban J connectivity index is 1.94. The second kappa shape index (κ2) is 8.00. The SMILES string of the molecule is COC(=O)c1[nH]c2cccc(OC)c2c1NC(=O)[C@H](C)[NH+]1CCC[C@@H](C)C1. The molecule has 1 aliphatic rings. The van der Waals surface area contributed by atoms with Crippen LogP contribution in [0.5, 0.6) is 5.75 Å². The highest BCUT2D eigenvalue weighted by Crippen LogP contribution is 2.35. The van der Waals surface area contributed by atoms with Crippen molar-refractivity contribution in [2.45, 2.75) is 32.7 Å². The number of aromatic nitrogens is 1. The van der Waals surface area contributed by atoms with Gasteiger partial charge in [-0.3, -0.25) is 4.79 Å². The van der Waals surface area contributed by atoms with Crippen molar-refractivity contribution in [1.29, 1.82) is 0 Å². The van der Waals surface area contributed by atoms with Crippen LogP contribution in [-0.4, -0.2) is 50.2 Å². The fraction of sp³-hybridized carbons (Fsp3) is 0.500. The Kier molecular flexibility index (Phi) is 5.70. The number of aromatic amines is 1. The van der Waals surface area contributed by atoms with E-state index in [1.54, 1.807) is 13.2 Å². The van der Waals surface area contributed by atoms with Gasteiger partial charge >= 0.3 is 5.97 Å². The van der Waals surface area contributed by atoms with Crippen LogP contribution < -0.4 is 15.0 Å². The molecule has 2 aromatic rings. The average Bonchev–Trinajstić information content (AvgIpc) is 3.05. The van der Waals surface area contributed by atoms with E-state index >= 15 is 0 Å². The van der Waals surface area contributed by atoms with Gasteiger partial charge < -0.3 is 24.7 Å². The molecule has 3 atom stereocenters. The second-order valence-electron chi connectivity index (χ2n) is 7.32. The molecular weight excluding hydrogens is 346 g/mol. The van der Waals surface area contributed by atoms with Crippen LogP contribution in [0, 0.1) is 5.92 Å². The Morgan fingerprint density at radius 1 is 1.33 bits per heavy atom. The maximum atomic E-state index is 13.0. The van der Waals surface area contributed by atoms with Gasteiger partial charge in [0.05, 0.1) is 43.9 Å². The normalized spacial score (nSPS) is 20.9. The number of likely N-dealkylation sites (tertiary alicyclic amines) is 1. The number of benzene rings is 1. The van der Waals surface area contributed by atoms with E-state index in [0.717, 1.165) is 19.5 Å². The molecule has 1 aromatic carbocycles. The fourth-order valence-corrected chi connectivity index (χ4v) is 3.91. The Morgan fingerprint density at radius 3 is 2.78 bits per heavy atom. The molecule has 0 saturated carbocycles.